The lowest BCUT2D eigenvalue weighted by Gasteiger charge is -2.25. The van der Waals surface area contributed by atoms with E-state index in [1.54, 1.807) is 0 Å². The van der Waals surface area contributed by atoms with E-state index in [0.29, 0.717) is 0 Å². The van der Waals surface area contributed by atoms with Gasteiger partial charge in [-0.2, -0.15) is 0 Å². The molecule has 1 aliphatic rings. The number of allylic oxidation sites excluding steroid dienone is 3. The zero-order valence-electron chi connectivity index (χ0n) is 6.93. The molecule has 0 spiro atoms. The number of hydrogen-bond acceptors (Lipinski definition) is 0. The third kappa shape index (κ3) is 1.31. The van der Waals surface area contributed by atoms with Gasteiger partial charge in [0.1, 0.15) is 0 Å². The van der Waals surface area contributed by atoms with Crippen molar-refractivity contribution in [2.24, 2.45) is 11.8 Å². The third-order valence-electron chi connectivity index (χ3n) is 2.63. The molecule has 0 nitrogen and oxygen atoms in total. The van der Waals surface area contributed by atoms with Crippen LogP contribution in [-0.2, 0) is 0 Å². The molecule has 0 heteroatoms. The van der Waals surface area contributed by atoms with Crippen molar-refractivity contribution in [1.82, 2.24) is 0 Å². The molecule has 1 aliphatic carbocycles. The minimum atomic E-state index is 0.727. The van der Waals surface area contributed by atoms with Crippen LogP contribution in [0.3, 0.4) is 0 Å². The average molecular weight is 136 g/mol. The Bertz CT molecular complexity index is 153. The zero-order chi connectivity index (χ0) is 7.56. The van der Waals surface area contributed by atoms with Gasteiger partial charge in [-0.05, 0) is 31.6 Å². The van der Waals surface area contributed by atoms with E-state index < -0.39 is 0 Å². The summed E-state index contributed by atoms with van der Waals surface area (Å²) in [6.45, 7) is 8.35. The first kappa shape index (κ1) is 7.59. The minimum absolute atomic E-state index is 0.727. The fraction of sp³-hybridized carbons (Fsp3) is 0.600. The van der Waals surface area contributed by atoms with Crippen molar-refractivity contribution < 1.29 is 0 Å². The molecule has 1 rings (SSSR count). The smallest absolute Gasteiger partial charge is 0.0170 e. The lowest BCUT2D eigenvalue weighted by atomic mass is 9.80. The SMILES string of the molecule is C=CC1CCC=C(C)C1C. The molecule has 0 amide bonds. The molecule has 0 saturated heterocycles. The molecule has 0 aromatic rings. The van der Waals surface area contributed by atoms with Crippen molar-refractivity contribution in [1.29, 1.82) is 0 Å². The van der Waals surface area contributed by atoms with Crippen molar-refractivity contribution in [3.8, 4) is 0 Å². The van der Waals surface area contributed by atoms with Gasteiger partial charge >= 0.3 is 0 Å². The molecule has 2 unspecified atom stereocenters. The van der Waals surface area contributed by atoms with Crippen LogP contribution in [0.2, 0.25) is 0 Å². The summed E-state index contributed by atoms with van der Waals surface area (Å²) in [5.74, 6) is 1.45. The van der Waals surface area contributed by atoms with Crippen molar-refractivity contribution in [2.45, 2.75) is 26.7 Å². The fourth-order valence-electron chi connectivity index (χ4n) is 1.60. The maximum atomic E-state index is 3.84. The van der Waals surface area contributed by atoms with E-state index in [4.69, 9.17) is 0 Å². The van der Waals surface area contributed by atoms with Crippen LogP contribution in [0.5, 0.6) is 0 Å². The highest BCUT2D eigenvalue weighted by molar-refractivity contribution is 5.10. The molecule has 0 saturated carbocycles. The summed E-state index contributed by atoms with van der Waals surface area (Å²) in [7, 11) is 0. The maximum absolute atomic E-state index is 3.84. The second-order valence-corrected chi connectivity index (χ2v) is 3.21. The Kier molecular flexibility index (Phi) is 2.31. The first-order chi connectivity index (χ1) is 4.75. The van der Waals surface area contributed by atoms with Gasteiger partial charge in [-0.15, -0.1) is 6.58 Å². The molecule has 0 aromatic heterocycles. The van der Waals surface area contributed by atoms with Gasteiger partial charge in [-0.3, -0.25) is 0 Å². The third-order valence-corrected chi connectivity index (χ3v) is 2.63. The van der Waals surface area contributed by atoms with E-state index in [0.717, 1.165) is 11.8 Å². The predicted molar refractivity (Wildman–Crippen MR) is 45.8 cm³/mol. The Morgan fingerprint density at radius 2 is 2.40 bits per heavy atom. The van der Waals surface area contributed by atoms with E-state index in [1.165, 1.54) is 18.4 Å². The van der Waals surface area contributed by atoms with Crippen molar-refractivity contribution in [3.63, 3.8) is 0 Å². The van der Waals surface area contributed by atoms with Gasteiger partial charge < -0.3 is 0 Å². The summed E-state index contributed by atoms with van der Waals surface area (Å²) in [5.41, 5.74) is 1.54. The summed E-state index contributed by atoms with van der Waals surface area (Å²) in [6.07, 6.45) is 6.99. The Balaban J connectivity index is 2.67. The summed E-state index contributed by atoms with van der Waals surface area (Å²) in [5, 5.41) is 0. The summed E-state index contributed by atoms with van der Waals surface area (Å²) >= 11 is 0. The normalized spacial score (nSPS) is 33.2. The van der Waals surface area contributed by atoms with Crippen molar-refractivity contribution in [3.05, 3.63) is 24.3 Å². The van der Waals surface area contributed by atoms with E-state index in [1.807, 2.05) is 0 Å². The van der Waals surface area contributed by atoms with Gasteiger partial charge in [0.25, 0.3) is 0 Å². The van der Waals surface area contributed by atoms with E-state index in [2.05, 4.69) is 32.6 Å². The van der Waals surface area contributed by atoms with Crippen molar-refractivity contribution in [2.75, 3.05) is 0 Å². The Morgan fingerprint density at radius 1 is 1.70 bits per heavy atom. The molecule has 0 aliphatic heterocycles. The van der Waals surface area contributed by atoms with Crippen LogP contribution in [-0.4, -0.2) is 0 Å². The first-order valence-corrected chi connectivity index (χ1v) is 4.05. The second kappa shape index (κ2) is 3.05. The number of hydrogen-bond donors (Lipinski definition) is 0. The van der Waals surface area contributed by atoms with Gasteiger partial charge in [-0.25, -0.2) is 0 Å². The predicted octanol–water partition coefficient (Wildman–Crippen LogP) is 3.16. The van der Waals surface area contributed by atoms with Crippen LogP contribution in [0.15, 0.2) is 24.3 Å². The van der Waals surface area contributed by atoms with Gasteiger partial charge in [0.15, 0.2) is 0 Å². The minimum Gasteiger partial charge on any atom is -0.103 e. The lowest BCUT2D eigenvalue weighted by Crippen LogP contribution is -2.13. The first-order valence-electron chi connectivity index (χ1n) is 4.05. The molecule has 0 fully saturated rings. The van der Waals surface area contributed by atoms with Gasteiger partial charge in [0.05, 0.1) is 0 Å². The van der Waals surface area contributed by atoms with Crippen LogP contribution in [0, 0.1) is 11.8 Å². The molecular formula is C10H16. The molecule has 56 valence electrons. The fourth-order valence-corrected chi connectivity index (χ4v) is 1.60. The van der Waals surface area contributed by atoms with Crippen LogP contribution in [0.25, 0.3) is 0 Å². The van der Waals surface area contributed by atoms with Gasteiger partial charge in [0.2, 0.25) is 0 Å². The molecular weight excluding hydrogens is 120 g/mol. The zero-order valence-corrected chi connectivity index (χ0v) is 6.93. The van der Waals surface area contributed by atoms with Crippen LogP contribution >= 0.6 is 0 Å². The highest BCUT2D eigenvalue weighted by Gasteiger charge is 2.17. The van der Waals surface area contributed by atoms with E-state index in [9.17, 15) is 0 Å². The van der Waals surface area contributed by atoms with Gasteiger partial charge in [-0.1, -0.05) is 24.6 Å². The van der Waals surface area contributed by atoms with Crippen LogP contribution in [0.1, 0.15) is 26.7 Å². The average Bonchev–Trinajstić information content (AvgIpc) is 1.95. The van der Waals surface area contributed by atoms with Crippen LogP contribution < -0.4 is 0 Å². The van der Waals surface area contributed by atoms with E-state index in [-0.39, 0.29) is 0 Å². The Labute approximate surface area is 63.6 Å². The second-order valence-electron chi connectivity index (χ2n) is 3.21. The topological polar surface area (TPSA) is 0 Å². The maximum Gasteiger partial charge on any atom is -0.0170 e. The summed E-state index contributed by atoms with van der Waals surface area (Å²) in [6, 6.07) is 0. The van der Waals surface area contributed by atoms with Crippen molar-refractivity contribution >= 4 is 0 Å². The van der Waals surface area contributed by atoms with E-state index >= 15 is 0 Å². The summed E-state index contributed by atoms with van der Waals surface area (Å²) < 4.78 is 0. The Hall–Kier alpha value is -0.520. The standard InChI is InChI=1S/C10H16/c1-4-10-7-5-6-8(2)9(10)3/h4,6,9-10H,1,5,7H2,2-3H3. The Morgan fingerprint density at radius 3 is 2.90 bits per heavy atom. The van der Waals surface area contributed by atoms with Crippen LogP contribution in [0.4, 0.5) is 0 Å². The monoisotopic (exact) mass is 136 g/mol. The molecule has 10 heavy (non-hydrogen) atoms. The highest BCUT2D eigenvalue weighted by atomic mass is 14.2. The summed E-state index contributed by atoms with van der Waals surface area (Å²) in [4.78, 5) is 0. The molecule has 0 aromatic carbocycles. The highest BCUT2D eigenvalue weighted by Crippen LogP contribution is 2.30. The number of rotatable bonds is 1. The molecule has 0 N–H and O–H groups in total. The van der Waals surface area contributed by atoms with Gasteiger partial charge in [0, 0.05) is 0 Å². The molecule has 0 radical (unpaired) electrons. The largest absolute Gasteiger partial charge is 0.103 e. The quantitative estimate of drug-likeness (QED) is 0.486. The molecule has 0 heterocycles. The molecule has 0 bridgehead atoms. The lowest BCUT2D eigenvalue weighted by molar-refractivity contribution is 0.437. The molecule has 2 atom stereocenters.